The van der Waals surface area contributed by atoms with Crippen LogP contribution in [0.2, 0.25) is 5.15 Å². The molecule has 0 spiro atoms. The minimum atomic E-state index is -0.506. The molecular weight excluding hydrogens is 245 g/mol. The highest BCUT2D eigenvalue weighted by Gasteiger charge is 2.32. The molecule has 0 unspecified atom stereocenters. The molecule has 1 aromatic rings. The number of pyridine rings is 1. The molecule has 0 aromatic carbocycles. The first-order valence-corrected chi connectivity index (χ1v) is 5.96. The van der Waals surface area contributed by atoms with Crippen molar-refractivity contribution in [2.75, 3.05) is 6.61 Å². The van der Waals surface area contributed by atoms with Gasteiger partial charge in [-0.3, -0.25) is 0 Å². The van der Waals surface area contributed by atoms with Crippen molar-refractivity contribution in [1.82, 2.24) is 4.98 Å². The number of rotatable bonds is 3. The minimum Gasteiger partial charge on any atom is -0.348 e. The number of aromatic nitrogens is 1. The highest BCUT2D eigenvalue weighted by Crippen LogP contribution is 2.25. The van der Waals surface area contributed by atoms with E-state index in [0.717, 1.165) is 12.0 Å². The molecule has 2 rings (SSSR count). The molecule has 1 aliphatic heterocycles. The van der Waals surface area contributed by atoms with Gasteiger partial charge in [-0.1, -0.05) is 11.6 Å². The van der Waals surface area contributed by atoms with Gasteiger partial charge in [-0.25, -0.2) is 9.37 Å². The molecule has 17 heavy (non-hydrogen) atoms. The van der Waals surface area contributed by atoms with Gasteiger partial charge in [0.15, 0.2) is 16.8 Å². The maximum absolute atomic E-state index is 13.2. The SMILES string of the molecule is CC1(C)OC[C@H](CCc2cnc(Cl)c(F)c2)O1. The Morgan fingerprint density at radius 1 is 1.59 bits per heavy atom. The van der Waals surface area contributed by atoms with E-state index in [1.165, 1.54) is 6.07 Å². The zero-order chi connectivity index (χ0) is 12.5. The highest BCUT2D eigenvalue weighted by atomic mass is 35.5. The van der Waals surface area contributed by atoms with Crippen molar-refractivity contribution in [2.45, 2.75) is 38.6 Å². The molecule has 0 radical (unpaired) electrons. The van der Waals surface area contributed by atoms with Gasteiger partial charge in [-0.2, -0.15) is 0 Å². The maximum Gasteiger partial charge on any atom is 0.164 e. The predicted molar refractivity (Wildman–Crippen MR) is 62.4 cm³/mol. The Morgan fingerprint density at radius 3 is 2.94 bits per heavy atom. The summed E-state index contributed by atoms with van der Waals surface area (Å²) < 4.78 is 24.3. The lowest BCUT2D eigenvalue weighted by atomic mass is 10.1. The summed E-state index contributed by atoms with van der Waals surface area (Å²) in [6, 6.07) is 1.41. The maximum atomic E-state index is 13.2. The summed E-state index contributed by atoms with van der Waals surface area (Å²) in [5.41, 5.74) is 0.820. The highest BCUT2D eigenvalue weighted by molar-refractivity contribution is 6.29. The van der Waals surface area contributed by atoms with Gasteiger partial charge in [0.25, 0.3) is 0 Å². The molecule has 0 bridgehead atoms. The predicted octanol–water partition coefficient (Wildman–Crippen LogP) is 2.96. The average molecular weight is 260 g/mol. The Hall–Kier alpha value is -0.710. The Kier molecular flexibility index (Phi) is 3.66. The van der Waals surface area contributed by atoms with Crippen molar-refractivity contribution >= 4 is 11.6 Å². The largest absolute Gasteiger partial charge is 0.348 e. The third kappa shape index (κ3) is 3.37. The molecule has 0 saturated carbocycles. The fourth-order valence-electron chi connectivity index (χ4n) is 1.83. The minimum absolute atomic E-state index is 0.0590. The second-order valence-corrected chi connectivity index (χ2v) is 4.96. The number of aryl methyl sites for hydroxylation is 1. The average Bonchev–Trinajstić information content (AvgIpc) is 2.60. The molecule has 1 atom stereocenters. The van der Waals surface area contributed by atoms with Crippen molar-refractivity contribution in [3.63, 3.8) is 0 Å². The fourth-order valence-corrected chi connectivity index (χ4v) is 1.93. The molecule has 2 heterocycles. The molecule has 0 aliphatic carbocycles. The van der Waals surface area contributed by atoms with Crippen LogP contribution in [-0.2, 0) is 15.9 Å². The standard InChI is InChI=1S/C12H15ClFNO2/c1-12(2)16-7-9(17-12)4-3-8-5-10(14)11(13)15-6-8/h5-6,9H,3-4,7H2,1-2H3/t9-/m0/s1. The monoisotopic (exact) mass is 259 g/mol. The molecule has 1 saturated heterocycles. The first-order chi connectivity index (χ1) is 7.96. The first-order valence-electron chi connectivity index (χ1n) is 5.58. The van der Waals surface area contributed by atoms with Gasteiger partial charge >= 0.3 is 0 Å². The van der Waals surface area contributed by atoms with E-state index in [1.807, 2.05) is 13.8 Å². The summed E-state index contributed by atoms with van der Waals surface area (Å²) >= 11 is 5.51. The van der Waals surface area contributed by atoms with Gasteiger partial charge in [0.1, 0.15) is 0 Å². The summed E-state index contributed by atoms with van der Waals surface area (Å²) in [7, 11) is 0. The number of ether oxygens (including phenoxy) is 2. The van der Waals surface area contributed by atoms with Gasteiger partial charge in [-0.15, -0.1) is 0 Å². The third-order valence-corrected chi connectivity index (χ3v) is 2.95. The molecule has 0 N–H and O–H groups in total. The van der Waals surface area contributed by atoms with Gasteiger partial charge in [0, 0.05) is 6.20 Å². The lowest BCUT2D eigenvalue weighted by molar-refractivity contribution is -0.138. The van der Waals surface area contributed by atoms with Crippen molar-refractivity contribution in [2.24, 2.45) is 0 Å². The second kappa shape index (κ2) is 4.88. The van der Waals surface area contributed by atoms with Gasteiger partial charge in [0.2, 0.25) is 0 Å². The smallest absolute Gasteiger partial charge is 0.164 e. The zero-order valence-corrected chi connectivity index (χ0v) is 10.6. The second-order valence-electron chi connectivity index (χ2n) is 4.61. The van der Waals surface area contributed by atoms with Gasteiger partial charge < -0.3 is 9.47 Å². The lowest BCUT2D eigenvalue weighted by Gasteiger charge is -2.16. The van der Waals surface area contributed by atoms with E-state index < -0.39 is 11.6 Å². The summed E-state index contributed by atoms with van der Waals surface area (Å²) in [4.78, 5) is 3.77. The Balaban J connectivity index is 1.88. The summed E-state index contributed by atoms with van der Waals surface area (Å²) in [6.07, 6.45) is 3.13. The Labute approximate surface area is 105 Å². The summed E-state index contributed by atoms with van der Waals surface area (Å²) in [6.45, 7) is 4.35. The molecule has 1 fully saturated rings. The van der Waals surface area contributed by atoms with Crippen LogP contribution in [-0.4, -0.2) is 23.5 Å². The van der Waals surface area contributed by atoms with Crippen LogP contribution in [0.1, 0.15) is 25.8 Å². The van der Waals surface area contributed by atoms with Crippen LogP contribution in [0, 0.1) is 5.82 Å². The van der Waals surface area contributed by atoms with E-state index in [-0.39, 0.29) is 11.3 Å². The number of halogens is 2. The Morgan fingerprint density at radius 2 is 2.35 bits per heavy atom. The first kappa shape index (κ1) is 12.7. The third-order valence-electron chi connectivity index (χ3n) is 2.68. The molecular formula is C12H15ClFNO2. The number of nitrogens with zero attached hydrogens (tertiary/aromatic N) is 1. The van der Waals surface area contributed by atoms with Crippen molar-refractivity contribution in [3.05, 3.63) is 28.8 Å². The van der Waals surface area contributed by atoms with E-state index in [2.05, 4.69) is 4.98 Å². The molecule has 5 heteroatoms. The van der Waals surface area contributed by atoms with E-state index >= 15 is 0 Å². The Bertz CT molecular complexity index is 411. The number of hydrogen-bond donors (Lipinski definition) is 0. The molecule has 94 valence electrons. The van der Waals surface area contributed by atoms with Crippen LogP contribution in [0.25, 0.3) is 0 Å². The lowest BCUT2D eigenvalue weighted by Crippen LogP contribution is -2.21. The molecule has 0 amide bonds. The zero-order valence-electron chi connectivity index (χ0n) is 9.87. The summed E-state index contributed by atoms with van der Waals surface area (Å²) in [5.74, 6) is -0.984. The summed E-state index contributed by atoms with van der Waals surface area (Å²) in [5, 5.41) is -0.0877. The van der Waals surface area contributed by atoms with Crippen molar-refractivity contribution in [1.29, 1.82) is 0 Å². The van der Waals surface area contributed by atoms with Crippen LogP contribution in [0.15, 0.2) is 12.3 Å². The van der Waals surface area contributed by atoms with Crippen molar-refractivity contribution in [3.8, 4) is 0 Å². The van der Waals surface area contributed by atoms with Gasteiger partial charge in [-0.05, 0) is 38.3 Å². The van der Waals surface area contributed by atoms with E-state index in [4.69, 9.17) is 21.1 Å². The molecule has 1 aromatic heterocycles. The fraction of sp³-hybridized carbons (Fsp3) is 0.583. The van der Waals surface area contributed by atoms with Crippen LogP contribution < -0.4 is 0 Å². The van der Waals surface area contributed by atoms with E-state index in [9.17, 15) is 4.39 Å². The van der Waals surface area contributed by atoms with Crippen molar-refractivity contribution < 1.29 is 13.9 Å². The quantitative estimate of drug-likeness (QED) is 0.782. The van der Waals surface area contributed by atoms with E-state index in [0.29, 0.717) is 13.0 Å². The topological polar surface area (TPSA) is 31.4 Å². The van der Waals surface area contributed by atoms with E-state index in [1.54, 1.807) is 6.20 Å². The molecule has 1 aliphatic rings. The van der Waals surface area contributed by atoms with Crippen LogP contribution >= 0.6 is 11.6 Å². The number of hydrogen-bond acceptors (Lipinski definition) is 3. The van der Waals surface area contributed by atoms with Crippen LogP contribution in [0.3, 0.4) is 0 Å². The van der Waals surface area contributed by atoms with Crippen LogP contribution in [0.4, 0.5) is 4.39 Å². The van der Waals surface area contributed by atoms with Crippen LogP contribution in [0.5, 0.6) is 0 Å². The van der Waals surface area contributed by atoms with Gasteiger partial charge in [0.05, 0.1) is 12.7 Å². The molecule has 3 nitrogen and oxygen atoms in total. The normalized spacial score (nSPS) is 22.9.